The quantitative estimate of drug-likeness (QED) is 0.250. The number of nitrogens with zero attached hydrogens (tertiary/aromatic N) is 3. The molecular weight excluding hydrogens is 395 g/mol. The highest BCUT2D eigenvalue weighted by Gasteiger charge is 2.13. The van der Waals surface area contributed by atoms with Crippen molar-refractivity contribution in [1.82, 2.24) is 9.36 Å². The van der Waals surface area contributed by atoms with Gasteiger partial charge >= 0.3 is 0 Å². The summed E-state index contributed by atoms with van der Waals surface area (Å²) in [6.07, 6.45) is 2.18. The van der Waals surface area contributed by atoms with Gasteiger partial charge in [0.15, 0.2) is 0 Å². The van der Waals surface area contributed by atoms with Crippen molar-refractivity contribution in [2.45, 2.75) is 6.42 Å². The molecule has 0 bridgehead atoms. The summed E-state index contributed by atoms with van der Waals surface area (Å²) in [6.45, 7) is 1.19. The standard InChI is InChI=1S/C12H16ClFN6OS2.H2S/c1-20(23-21-19-12-17-7-18-22-12)11-5-8(13)10(6-9(11)14)16-4-2-3-15;/h5-7,16H,2-4,15H2,1H3,(H,17,18,19);1H2. The van der Waals surface area contributed by atoms with Crippen molar-refractivity contribution in [1.29, 1.82) is 0 Å². The summed E-state index contributed by atoms with van der Waals surface area (Å²) in [7, 11) is 1.66. The molecule has 134 valence electrons. The minimum atomic E-state index is -0.417. The summed E-state index contributed by atoms with van der Waals surface area (Å²) in [6, 6.07) is 2.88. The van der Waals surface area contributed by atoms with Crippen LogP contribution in [0, 0.1) is 5.82 Å². The van der Waals surface area contributed by atoms with Gasteiger partial charge in [0.1, 0.15) is 24.4 Å². The first-order valence-corrected chi connectivity index (χ1v) is 8.50. The number of halogens is 2. The molecule has 0 saturated carbocycles. The van der Waals surface area contributed by atoms with E-state index in [1.807, 2.05) is 0 Å². The van der Waals surface area contributed by atoms with Gasteiger partial charge in [0.2, 0.25) is 5.13 Å². The molecule has 1 heterocycles. The van der Waals surface area contributed by atoms with Crippen LogP contribution in [0.4, 0.5) is 20.9 Å². The van der Waals surface area contributed by atoms with Crippen LogP contribution in [0.5, 0.6) is 0 Å². The maximum absolute atomic E-state index is 14.2. The summed E-state index contributed by atoms with van der Waals surface area (Å²) in [5.41, 5.74) is 8.84. The summed E-state index contributed by atoms with van der Waals surface area (Å²) in [5, 5.41) is 3.97. The van der Waals surface area contributed by atoms with E-state index in [1.165, 1.54) is 22.8 Å². The van der Waals surface area contributed by atoms with Crippen LogP contribution in [0.25, 0.3) is 0 Å². The van der Waals surface area contributed by atoms with Crippen molar-refractivity contribution in [3.05, 3.63) is 29.3 Å². The fourth-order valence-electron chi connectivity index (χ4n) is 1.61. The third-order valence-corrected chi connectivity index (χ3v) is 4.16. The molecule has 0 aliphatic rings. The van der Waals surface area contributed by atoms with Crippen LogP contribution in [0.1, 0.15) is 6.42 Å². The predicted octanol–water partition coefficient (Wildman–Crippen LogP) is 3.25. The highest BCUT2D eigenvalue weighted by molar-refractivity contribution is 7.96. The molecule has 0 atom stereocenters. The smallest absolute Gasteiger partial charge is 0.227 e. The van der Waals surface area contributed by atoms with Gasteiger partial charge in [0.05, 0.1) is 16.4 Å². The van der Waals surface area contributed by atoms with Crippen molar-refractivity contribution >= 4 is 65.4 Å². The van der Waals surface area contributed by atoms with Gasteiger partial charge in [-0.25, -0.2) is 14.9 Å². The van der Waals surface area contributed by atoms with E-state index in [0.29, 0.717) is 34.6 Å². The topological polar surface area (TPSA) is 88.3 Å². The summed E-state index contributed by atoms with van der Waals surface area (Å²) >= 11 is 8.22. The Morgan fingerprint density at radius 3 is 2.96 bits per heavy atom. The van der Waals surface area contributed by atoms with Crippen LogP contribution in [-0.2, 0) is 4.28 Å². The minimum absolute atomic E-state index is 0. The number of nitrogens with two attached hydrogens (primary N) is 1. The van der Waals surface area contributed by atoms with Gasteiger partial charge in [0, 0.05) is 31.2 Å². The van der Waals surface area contributed by atoms with Crippen molar-refractivity contribution < 1.29 is 8.67 Å². The normalized spacial score (nSPS) is 10.2. The highest BCUT2D eigenvalue weighted by Crippen LogP contribution is 2.33. The third kappa shape index (κ3) is 6.15. The van der Waals surface area contributed by atoms with E-state index in [9.17, 15) is 4.39 Å². The van der Waals surface area contributed by atoms with E-state index < -0.39 is 5.82 Å². The fraction of sp³-hybridized carbons (Fsp3) is 0.333. The fourth-order valence-corrected chi connectivity index (χ4v) is 2.70. The molecule has 0 unspecified atom stereocenters. The van der Waals surface area contributed by atoms with Crippen molar-refractivity contribution in [3.8, 4) is 0 Å². The van der Waals surface area contributed by atoms with E-state index in [2.05, 4.69) is 20.2 Å². The second-order valence-corrected chi connectivity index (χ2v) is 6.41. The maximum Gasteiger partial charge on any atom is 0.227 e. The molecule has 0 aliphatic carbocycles. The number of nitrogens with one attached hydrogen (secondary N) is 2. The molecule has 7 nitrogen and oxygen atoms in total. The lowest BCUT2D eigenvalue weighted by Crippen LogP contribution is -2.12. The Balaban J connectivity index is 0.00000288. The van der Waals surface area contributed by atoms with Gasteiger partial charge in [-0.2, -0.15) is 22.2 Å². The zero-order chi connectivity index (χ0) is 16.7. The van der Waals surface area contributed by atoms with Crippen LogP contribution in [0.2, 0.25) is 5.02 Å². The van der Waals surface area contributed by atoms with Gasteiger partial charge in [-0.15, -0.1) is 0 Å². The lowest BCUT2D eigenvalue weighted by Gasteiger charge is -2.18. The molecule has 1 aromatic carbocycles. The molecule has 0 aliphatic heterocycles. The maximum atomic E-state index is 14.2. The molecular formula is C12H18ClFN6OS3. The monoisotopic (exact) mass is 412 g/mol. The summed E-state index contributed by atoms with van der Waals surface area (Å²) in [5.74, 6) is -0.417. The Kier molecular flexibility index (Phi) is 9.48. The number of rotatable bonds is 9. The molecule has 2 aromatic rings. The van der Waals surface area contributed by atoms with Crippen LogP contribution in [0.15, 0.2) is 18.5 Å². The molecule has 12 heteroatoms. The molecule has 0 saturated heterocycles. The Bertz CT molecular complexity index is 621. The number of hydrogen-bond donors (Lipinski definition) is 3. The predicted molar refractivity (Wildman–Crippen MR) is 105 cm³/mol. The molecule has 1 aromatic heterocycles. The SMILES string of the molecule is CN(SONc1ncns1)c1cc(Cl)c(NCCCN)cc1F.S. The first-order chi connectivity index (χ1) is 11.1. The van der Waals surface area contributed by atoms with Gasteiger partial charge in [-0.05, 0) is 19.0 Å². The second kappa shape index (κ2) is 10.8. The summed E-state index contributed by atoms with van der Waals surface area (Å²) in [4.78, 5) is 3.89. The largest absolute Gasteiger partial charge is 0.384 e. The average Bonchev–Trinajstić information content (AvgIpc) is 3.03. The van der Waals surface area contributed by atoms with E-state index >= 15 is 0 Å². The average molecular weight is 413 g/mol. The zero-order valence-corrected chi connectivity index (χ0v) is 16.1. The zero-order valence-electron chi connectivity index (χ0n) is 12.8. The molecule has 0 radical (unpaired) electrons. The molecule has 24 heavy (non-hydrogen) atoms. The Labute approximate surface area is 160 Å². The number of benzene rings is 1. The van der Waals surface area contributed by atoms with Gasteiger partial charge in [0.25, 0.3) is 0 Å². The van der Waals surface area contributed by atoms with Crippen LogP contribution >= 0.6 is 48.9 Å². The highest BCUT2D eigenvalue weighted by atomic mass is 35.5. The van der Waals surface area contributed by atoms with Crippen molar-refractivity contribution in [3.63, 3.8) is 0 Å². The molecule has 0 fully saturated rings. The van der Waals surface area contributed by atoms with E-state index in [-0.39, 0.29) is 13.5 Å². The molecule has 0 spiro atoms. The summed E-state index contributed by atoms with van der Waals surface area (Å²) < 4.78 is 24.7. The van der Waals surface area contributed by atoms with Gasteiger partial charge in [-0.1, -0.05) is 11.6 Å². The number of anilines is 3. The van der Waals surface area contributed by atoms with E-state index in [1.54, 1.807) is 7.05 Å². The third-order valence-electron chi connectivity index (χ3n) is 2.71. The molecule has 4 N–H and O–H groups in total. The second-order valence-electron chi connectivity index (χ2n) is 4.36. The first kappa shape index (κ1) is 21.1. The number of hydrogen-bond acceptors (Lipinski definition) is 9. The Morgan fingerprint density at radius 1 is 1.50 bits per heavy atom. The van der Waals surface area contributed by atoms with Crippen LogP contribution in [0.3, 0.4) is 0 Å². The first-order valence-electron chi connectivity index (χ1n) is 6.65. The molecule has 0 amide bonds. The Hall–Kier alpha value is -0.980. The minimum Gasteiger partial charge on any atom is -0.384 e. The van der Waals surface area contributed by atoms with Gasteiger partial charge in [-0.3, -0.25) is 4.31 Å². The Morgan fingerprint density at radius 2 is 2.29 bits per heavy atom. The lowest BCUT2D eigenvalue weighted by atomic mass is 10.2. The van der Waals surface area contributed by atoms with E-state index in [4.69, 9.17) is 21.6 Å². The van der Waals surface area contributed by atoms with Crippen molar-refractivity contribution in [2.75, 3.05) is 35.2 Å². The van der Waals surface area contributed by atoms with E-state index in [0.717, 1.165) is 30.2 Å². The van der Waals surface area contributed by atoms with Crippen LogP contribution in [-0.4, -0.2) is 29.5 Å². The van der Waals surface area contributed by atoms with Gasteiger partial charge < -0.3 is 11.1 Å². The number of aromatic nitrogens is 2. The van der Waals surface area contributed by atoms with Crippen LogP contribution < -0.4 is 20.8 Å². The lowest BCUT2D eigenvalue weighted by molar-refractivity contribution is 0.475. The van der Waals surface area contributed by atoms with Crippen molar-refractivity contribution in [2.24, 2.45) is 5.73 Å². The molecule has 2 rings (SSSR count).